The van der Waals surface area contributed by atoms with Crippen LogP contribution < -0.4 is 5.73 Å². The van der Waals surface area contributed by atoms with Gasteiger partial charge in [0.25, 0.3) is 0 Å². The van der Waals surface area contributed by atoms with Gasteiger partial charge < -0.3 is 5.73 Å². The van der Waals surface area contributed by atoms with Gasteiger partial charge in [0.15, 0.2) is 0 Å². The highest BCUT2D eigenvalue weighted by atomic mass is 79.9. The fourth-order valence-corrected chi connectivity index (χ4v) is 2.32. The van der Waals surface area contributed by atoms with Crippen LogP contribution in [0.25, 0.3) is 0 Å². The van der Waals surface area contributed by atoms with Crippen molar-refractivity contribution in [2.24, 2.45) is 12.8 Å². The highest BCUT2D eigenvalue weighted by Gasteiger charge is 2.15. The maximum atomic E-state index is 6.17. The number of hydrogen-bond donors (Lipinski definition) is 1. The molecule has 4 nitrogen and oxygen atoms in total. The first-order valence-electron chi connectivity index (χ1n) is 5.43. The Morgan fingerprint density at radius 2 is 2.29 bits per heavy atom. The summed E-state index contributed by atoms with van der Waals surface area (Å²) in [6.07, 6.45) is 4.30. The molecule has 17 heavy (non-hydrogen) atoms. The molecule has 1 atom stereocenters. The highest BCUT2D eigenvalue weighted by molar-refractivity contribution is 9.10. The van der Waals surface area contributed by atoms with Crippen LogP contribution in [0, 0.1) is 6.92 Å². The lowest BCUT2D eigenvalue weighted by molar-refractivity contribution is 0.637. The molecule has 0 aliphatic heterocycles. The van der Waals surface area contributed by atoms with Crippen molar-refractivity contribution in [3.63, 3.8) is 0 Å². The van der Waals surface area contributed by atoms with Crippen LogP contribution in [0.4, 0.5) is 0 Å². The summed E-state index contributed by atoms with van der Waals surface area (Å²) in [5.74, 6) is 0. The Labute approximate surface area is 109 Å². The molecule has 2 aromatic heterocycles. The minimum Gasteiger partial charge on any atom is -0.324 e. The van der Waals surface area contributed by atoms with E-state index >= 15 is 0 Å². The summed E-state index contributed by atoms with van der Waals surface area (Å²) in [4.78, 5) is 4.08. The molecule has 2 rings (SSSR count). The number of pyridine rings is 1. The molecule has 0 spiro atoms. The Morgan fingerprint density at radius 3 is 2.82 bits per heavy atom. The second kappa shape index (κ2) is 4.98. The third kappa shape index (κ3) is 2.56. The second-order valence-corrected chi connectivity index (χ2v) is 4.86. The van der Waals surface area contributed by atoms with Crippen molar-refractivity contribution < 1.29 is 0 Å². The zero-order valence-electron chi connectivity index (χ0n) is 9.89. The number of aryl methyl sites for hydroxylation is 2. The van der Waals surface area contributed by atoms with Crippen LogP contribution in [-0.2, 0) is 13.5 Å². The number of aromatic nitrogens is 3. The fourth-order valence-electron chi connectivity index (χ4n) is 1.82. The standard InChI is InChI=1S/C12H15BrN4/c1-8-12(13)11(17(2)16-8)6-10(14)9-4-3-5-15-7-9/h3-5,7,10H,6,14H2,1-2H3. The van der Waals surface area contributed by atoms with E-state index in [0.29, 0.717) is 0 Å². The molecule has 0 bridgehead atoms. The smallest absolute Gasteiger partial charge is 0.0738 e. The van der Waals surface area contributed by atoms with Crippen LogP contribution in [0.1, 0.15) is 23.0 Å². The van der Waals surface area contributed by atoms with Crippen LogP contribution >= 0.6 is 15.9 Å². The van der Waals surface area contributed by atoms with Gasteiger partial charge in [0, 0.05) is 31.9 Å². The summed E-state index contributed by atoms with van der Waals surface area (Å²) in [5, 5.41) is 4.36. The van der Waals surface area contributed by atoms with Crippen LogP contribution in [0.2, 0.25) is 0 Å². The molecular weight excluding hydrogens is 280 g/mol. The number of hydrogen-bond acceptors (Lipinski definition) is 3. The van der Waals surface area contributed by atoms with Gasteiger partial charge in [0.2, 0.25) is 0 Å². The first-order valence-corrected chi connectivity index (χ1v) is 6.22. The molecule has 0 saturated heterocycles. The van der Waals surface area contributed by atoms with Gasteiger partial charge in [0.05, 0.1) is 15.9 Å². The van der Waals surface area contributed by atoms with Gasteiger partial charge in [-0.3, -0.25) is 9.67 Å². The molecular formula is C12H15BrN4. The Balaban J connectivity index is 2.22. The van der Waals surface area contributed by atoms with Crippen LogP contribution in [0.3, 0.4) is 0 Å². The average Bonchev–Trinajstić information content (AvgIpc) is 2.57. The molecule has 0 amide bonds. The topological polar surface area (TPSA) is 56.7 Å². The monoisotopic (exact) mass is 294 g/mol. The summed E-state index contributed by atoms with van der Waals surface area (Å²) < 4.78 is 2.91. The molecule has 0 aromatic carbocycles. The van der Waals surface area contributed by atoms with Crippen molar-refractivity contribution in [2.75, 3.05) is 0 Å². The van der Waals surface area contributed by atoms with Gasteiger partial charge >= 0.3 is 0 Å². The highest BCUT2D eigenvalue weighted by Crippen LogP contribution is 2.24. The van der Waals surface area contributed by atoms with E-state index in [1.54, 1.807) is 6.20 Å². The van der Waals surface area contributed by atoms with Gasteiger partial charge in [0.1, 0.15) is 0 Å². The van der Waals surface area contributed by atoms with Crippen LogP contribution in [0.5, 0.6) is 0 Å². The lowest BCUT2D eigenvalue weighted by Crippen LogP contribution is -2.15. The van der Waals surface area contributed by atoms with E-state index < -0.39 is 0 Å². The predicted molar refractivity (Wildman–Crippen MR) is 70.5 cm³/mol. The van der Waals surface area contributed by atoms with E-state index in [1.807, 2.05) is 37.0 Å². The van der Waals surface area contributed by atoms with Gasteiger partial charge in [-0.15, -0.1) is 0 Å². The number of rotatable bonds is 3. The van der Waals surface area contributed by atoms with Gasteiger partial charge in [-0.25, -0.2) is 0 Å². The van der Waals surface area contributed by atoms with Crippen molar-refractivity contribution in [3.05, 3.63) is 46.0 Å². The molecule has 5 heteroatoms. The van der Waals surface area contributed by atoms with Crippen molar-refractivity contribution in [1.29, 1.82) is 0 Å². The normalized spacial score (nSPS) is 12.7. The van der Waals surface area contributed by atoms with Crippen molar-refractivity contribution in [2.45, 2.75) is 19.4 Å². The Hall–Kier alpha value is -1.20. The van der Waals surface area contributed by atoms with Gasteiger partial charge in [-0.05, 0) is 34.5 Å². The summed E-state index contributed by atoms with van der Waals surface area (Å²) in [6, 6.07) is 3.84. The fraction of sp³-hybridized carbons (Fsp3) is 0.333. The largest absolute Gasteiger partial charge is 0.324 e. The SMILES string of the molecule is Cc1nn(C)c(CC(N)c2cccnc2)c1Br. The zero-order valence-corrected chi connectivity index (χ0v) is 11.5. The van der Waals surface area contributed by atoms with E-state index in [-0.39, 0.29) is 6.04 Å². The van der Waals surface area contributed by atoms with Crippen LogP contribution in [-0.4, -0.2) is 14.8 Å². The molecule has 2 aromatic rings. The Morgan fingerprint density at radius 1 is 1.53 bits per heavy atom. The van der Waals surface area contributed by atoms with Crippen molar-refractivity contribution in [3.8, 4) is 0 Å². The summed E-state index contributed by atoms with van der Waals surface area (Å²) >= 11 is 3.55. The summed E-state index contributed by atoms with van der Waals surface area (Å²) in [5.41, 5.74) is 9.31. The molecule has 0 fully saturated rings. The molecule has 2 heterocycles. The molecule has 0 radical (unpaired) electrons. The zero-order chi connectivity index (χ0) is 12.4. The van der Waals surface area contributed by atoms with Crippen molar-refractivity contribution >= 4 is 15.9 Å². The lowest BCUT2D eigenvalue weighted by Gasteiger charge is -2.12. The van der Waals surface area contributed by atoms with E-state index in [1.165, 1.54) is 0 Å². The third-order valence-electron chi connectivity index (χ3n) is 2.79. The maximum Gasteiger partial charge on any atom is 0.0738 e. The lowest BCUT2D eigenvalue weighted by atomic mass is 10.0. The number of nitrogens with two attached hydrogens (primary N) is 1. The first kappa shape index (κ1) is 12.3. The maximum absolute atomic E-state index is 6.17. The second-order valence-electron chi connectivity index (χ2n) is 4.07. The van der Waals surface area contributed by atoms with Crippen LogP contribution in [0.15, 0.2) is 29.0 Å². The van der Waals surface area contributed by atoms with Gasteiger partial charge in [-0.1, -0.05) is 6.07 Å². The summed E-state index contributed by atoms with van der Waals surface area (Å²) in [7, 11) is 1.93. The molecule has 0 aliphatic rings. The average molecular weight is 295 g/mol. The third-order valence-corrected chi connectivity index (χ3v) is 3.82. The van der Waals surface area contributed by atoms with E-state index in [2.05, 4.69) is 26.0 Å². The number of nitrogens with zero attached hydrogens (tertiary/aromatic N) is 3. The first-order chi connectivity index (χ1) is 8.09. The molecule has 0 aliphatic carbocycles. The quantitative estimate of drug-likeness (QED) is 0.943. The predicted octanol–water partition coefficient (Wildman–Crippen LogP) is 2.13. The minimum absolute atomic E-state index is 0.0604. The molecule has 0 saturated carbocycles. The van der Waals surface area contributed by atoms with Gasteiger partial charge in [-0.2, -0.15) is 5.10 Å². The van der Waals surface area contributed by atoms with E-state index in [4.69, 9.17) is 5.73 Å². The number of halogens is 1. The van der Waals surface area contributed by atoms with E-state index in [9.17, 15) is 0 Å². The molecule has 90 valence electrons. The molecule has 2 N–H and O–H groups in total. The Bertz CT molecular complexity index is 507. The minimum atomic E-state index is -0.0604. The van der Waals surface area contributed by atoms with E-state index in [0.717, 1.165) is 27.8 Å². The molecule has 1 unspecified atom stereocenters. The van der Waals surface area contributed by atoms with Crippen molar-refractivity contribution in [1.82, 2.24) is 14.8 Å². The summed E-state index contributed by atoms with van der Waals surface area (Å²) in [6.45, 7) is 1.98. The Kier molecular flexibility index (Phi) is 3.59.